The van der Waals surface area contributed by atoms with Gasteiger partial charge in [-0.05, 0) is 43.4 Å². The van der Waals surface area contributed by atoms with E-state index in [1.54, 1.807) is 0 Å². The highest BCUT2D eigenvalue weighted by Gasteiger charge is 2.17. The first-order valence-electron chi connectivity index (χ1n) is 5.39. The molecule has 1 aromatic rings. The van der Waals surface area contributed by atoms with E-state index in [4.69, 9.17) is 5.73 Å². The Morgan fingerprint density at radius 3 is 2.87 bits per heavy atom. The Balaban J connectivity index is 2.32. The van der Waals surface area contributed by atoms with Crippen molar-refractivity contribution in [2.45, 2.75) is 32.2 Å². The molecule has 1 nitrogen and oxygen atoms in total. The number of halogens is 1. The lowest BCUT2D eigenvalue weighted by Gasteiger charge is -2.17. The van der Waals surface area contributed by atoms with E-state index in [9.17, 15) is 0 Å². The average Bonchev–Trinajstić information content (AvgIpc) is 2.74. The fourth-order valence-electron chi connectivity index (χ4n) is 2.14. The minimum Gasteiger partial charge on any atom is -0.321 e. The van der Waals surface area contributed by atoms with Crippen molar-refractivity contribution < 1.29 is 0 Å². The summed E-state index contributed by atoms with van der Waals surface area (Å²) in [6.45, 7) is 2.12. The standard InChI is InChI=1S/C13H16BrN/c1-9-11(7-4-8-12(9)14)13(15)10-5-2-3-6-10/h4-5,7-8,13H,2-3,6,15H2,1H3. The summed E-state index contributed by atoms with van der Waals surface area (Å²) in [5, 5.41) is 0. The fraction of sp³-hybridized carbons (Fsp3) is 0.385. The molecule has 2 N–H and O–H groups in total. The van der Waals surface area contributed by atoms with Gasteiger partial charge < -0.3 is 5.73 Å². The Labute approximate surface area is 99.5 Å². The highest BCUT2D eigenvalue weighted by atomic mass is 79.9. The van der Waals surface area contributed by atoms with Crippen molar-refractivity contribution in [2.24, 2.45) is 5.73 Å². The van der Waals surface area contributed by atoms with Crippen LogP contribution < -0.4 is 5.73 Å². The van der Waals surface area contributed by atoms with Crippen molar-refractivity contribution in [3.05, 3.63) is 45.4 Å². The molecule has 2 rings (SSSR count). The van der Waals surface area contributed by atoms with Crippen LogP contribution in [0.5, 0.6) is 0 Å². The van der Waals surface area contributed by atoms with Gasteiger partial charge >= 0.3 is 0 Å². The molecule has 0 heterocycles. The van der Waals surface area contributed by atoms with Crippen LogP contribution in [0.2, 0.25) is 0 Å². The first-order chi connectivity index (χ1) is 7.20. The maximum absolute atomic E-state index is 6.28. The van der Waals surface area contributed by atoms with Crippen LogP contribution in [0.15, 0.2) is 34.3 Å². The number of nitrogens with two attached hydrogens (primary N) is 1. The summed E-state index contributed by atoms with van der Waals surface area (Å²) in [5.74, 6) is 0. The van der Waals surface area contributed by atoms with E-state index in [0.29, 0.717) is 0 Å². The minimum absolute atomic E-state index is 0.0880. The summed E-state index contributed by atoms with van der Waals surface area (Å²) in [6.07, 6.45) is 5.91. The van der Waals surface area contributed by atoms with Crippen LogP contribution in [0.4, 0.5) is 0 Å². The summed E-state index contributed by atoms with van der Waals surface area (Å²) < 4.78 is 1.15. The van der Waals surface area contributed by atoms with Crippen LogP contribution in [-0.4, -0.2) is 0 Å². The van der Waals surface area contributed by atoms with Gasteiger partial charge in [-0.1, -0.05) is 39.7 Å². The summed E-state index contributed by atoms with van der Waals surface area (Å²) in [6, 6.07) is 6.34. The van der Waals surface area contributed by atoms with Gasteiger partial charge in [0.2, 0.25) is 0 Å². The first kappa shape index (κ1) is 10.9. The summed E-state index contributed by atoms with van der Waals surface area (Å²) in [4.78, 5) is 0. The van der Waals surface area contributed by atoms with E-state index in [0.717, 1.165) is 10.9 Å². The maximum atomic E-state index is 6.28. The van der Waals surface area contributed by atoms with E-state index in [1.807, 2.05) is 0 Å². The third kappa shape index (κ3) is 2.16. The lowest BCUT2D eigenvalue weighted by atomic mass is 9.95. The molecule has 1 unspecified atom stereocenters. The van der Waals surface area contributed by atoms with Crippen molar-refractivity contribution in [1.29, 1.82) is 0 Å². The predicted octanol–water partition coefficient (Wildman–Crippen LogP) is 3.87. The summed E-state index contributed by atoms with van der Waals surface area (Å²) >= 11 is 3.55. The van der Waals surface area contributed by atoms with Gasteiger partial charge in [-0.15, -0.1) is 0 Å². The number of hydrogen-bond donors (Lipinski definition) is 1. The zero-order valence-corrected chi connectivity index (χ0v) is 10.5. The van der Waals surface area contributed by atoms with Crippen molar-refractivity contribution in [3.8, 4) is 0 Å². The molecule has 0 fully saturated rings. The van der Waals surface area contributed by atoms with E-state index in [-0.39, 0.29) is 6.04 Å². The SMILES string of the molecule is Cc1c(Br)cccc1C(N)C1=CCCC1. The van der Waals surface area contributed by atoms with Crippen LogP contribution in [0, 0.1) is 6.92 Å². The molecule has 2 heteroatoms. The zero-order valence-electron chi connectivity index (χ0n) is 8.96. The van der Waals surface area contributed by atoms with E-state index in [2.05, 4.69) is 47.1 Å². The van der Waals surface area contributed by atoms with Gasteiger partial charge in [0, 0.05) is 4.47 Å². The molecule has 0 aliphatic heterocycles. The Kier molecular flexibility index (Phi) is 3.27. The van der Waals surface area contributed by atoms with Crippen molar-refractivity contribution in [3.63, 3.8) is 0 Å². The number of hydrogen-bond acceptors (Lipinski definition) is 1. The fourth-order valence-corrected chi connectivity index (χ4v) is 2.52. The third-order valence-electron chi connectivity index (χ3n) is 3.12. The Morgan fingerprint density at radius 1 is 1.40 bits per heavy atom. The predicted molar refractivity (Wildman–Crippen MR) is 67.7 cm³/mol. The van der Waals surface area contributed by atoms with Crippen molar-refractivity contribution in [1.82, 2.24) is 0 Å². The van der Waals surface area contributed by atoms with Crippen LogP contribution in [0.3, 0.4) is 0 Å². The second-order valence-corrected chi connectivity index (χ2v) is 4.96. The molecule has 0 amide bonds. The molecule has 0 saturated heterocycles. The highest BCUT2D eigenvalue weighted by Crippen LogP contribution is 2.32. The normalized spacial score (nSPS) is 17.7. The summed E-state index contributed by atoms with van der Waals surface area (Å²) in [7, 11) is 0. The van der Waals surface area contributed by atoms with Crippen LogP contribution in [0.1, 0.15) is 36.4 Å². The topological polar surface area (TPSA) is 26.0 Å². The molecule has 0 spiro atoms. The molecule has 1 atom stereocenters. The van der Waals surface area contributed by atoms with Gasteiger partial charge in [-0.25, -0.2) is 0 Å². The quantitative estimate of drug-likeness (QED) is 0.808. The molecule has 80 valence electrons. The first-order valence-corrected chi connectivity index (χ1v) is 6.19. The number of benzene rings is 1. The Hall–Kier alpha value is -0.600. The Bertz CT molecular complexity index is 396. The molecule has 0 saturated carbocycles. The maximum Gasteiger partial charge on any atom is 0.0513 e. The third-order valence-corrected chi connectivity index (χ3v) is 3.98. The van der Waals surface area contributed by atoms with Crippen LogP contribution in [0.25, 0.3) is 0 Å². The van der Waals surface area contributed by atoms with Gasteiger partial charge in [0.1, 0.15) is 0 Å². The van der Waals surface area contributed by atoms with E-state index < -0.39 is 0 Å². The van der Waals surface area contributed by atoms with Crippen LogP contribution >= 0.6 is 15.9 Å². The lowest BCUT2D eigenvalue weighted by Crippen LogP contribution is -2.13. The Morgan fingerprint density at radius 2 is 2.20 bits per heavy atom. The van der Waals surface area contributed by atoms with Gasteiger partial charge in [0.25, 0.3) is 0 Å². The molecular weight excluding hydrogens is 250 g/mol. The molecule has 1 aliphatic rings. The van der Waals surface area contributed by atoms with Gasteiger partial charge in [0.05, 0.1) is 6.04 Å². The molecule has 0 bridgehead atoms. The molecule has 0 aromatic heterocycles. The molecule has 15 heavy (non-hydrogen) atoms. The number of rotatable bonds is 2. The second kappa shape index (κ2) is 4.50. The number of allylic oxidation sites excluding steroid dienone is 1. The van der Waals surface area contributed by atoms with Gasteiger partial charge in [0.15, 0.2) is 0 Å². The monoisotopic (exact) mass is 265 g/mol. The second-order valence-electron chi connectivity index (χ2n) is 4.10. The smallest absolute Gasteiger partial charge is 0.0513 e. The van der Waals surface area contributed by atoms with Gasteiger partial charge in [-0.2, -0.15) is 0 Å². The largest absolute Gasteiger partial charge is 0.321 e. The van der Waals surface area contributed by atoms with Crippen LogP contribution in [-0.2, 0) is 0 Å². The lowest BCUT2D eigenvalue weighted by molar-refractivity contribution is 0.779. The molecule has 1 aliphatic carbocycles. The van der Waals surface area contributed by atoms with Crippen molar-refractivity contribution >= 4 is 15.9 Å². The summed E-state index contributed by atoms with van der Waals surface area (Å²) in [5.41, 5.74) is 10.2. The highest BCUT2D eigenvalue weighted by molar-refractivity contribution is 9.10. The molecular formula is C13H16BrN. The van der Waals surface area contributed by atoms with E-state index >= 15 is 0 Å². The minimum atomic E-state index is 0.0880. The molecule has 0 radical (unpaired) electrons. The zero-order chi connectivity index (χ0) is 10.8. The molecule has 1 aromatic carbocycles. The van der Waals surface area contributed by atoms with Gasteiger partial charge in [-0.3, -0.25) is 0 Å². The van der Waals surface area contributed by atoms with Crippen molar-refractivity contribution in [2.75, 3.05) is 0 Å². The van der Waals surface area contributed by atoms with E-state index in [1.165, 1.54) is 29.5 Å². The average molecular weight is 266 g/mol.